The summed E-state index contributed by atoms with van der Waals surface area (Å²) in [6.07, 6.45) is -4.45. The fourth-order valence-electron chi connectivity index (χ4n) is 1.90. The number of halogens is 3. The number of benzene rings is 1. The maximum absolute atomic E-state index is 12.6. The molecule has 1 fully saturated rings. The third kappa shape index (κ3) is 3.42. The van der Waals surface area contributed by atoms with Crippen LogP contribution in [0.15, 0.2) is 29.2 Å². The summed E-state index contributed by atoms with van der Waals surface area (Å²) in [5.41, 5.74) is -0.713. The first-order valence-corrected chi connectivity index (χ1v) is 6.41. The van der Waals surface area contributed by atoms with Gasteiger partial charge in [-0.1, -0.05) is 6.07 Å². The first-order chi connectivity index (χ1) is 8.81. The first kappa shape index (κ1) is 14.2. The normalized spacial score (nSPS) is 17.8. The van der Waals surface area contributed by atoms with Gasteiger partial charge in [0.05, 0.1) is 16.7 Å². The fraction of sp³-hybridized carbons (Fsp3) is 0.417. The maximum Gasteiger partial charge on any atom is 0.416 e. The number of carboxylic acid groups (broad SMARTS) is 1. The van der Waals surface area contributed by atoms with Crippen LogP contribution in [0.3, 0.4) is 0 Å². The molecule has 1 aliphatic heterocycles. The highest BCUT2D eigenvalue weighted by molar-refractivity contribution is 8.00. The zero-order valence-corrected chi connectivity index (χ0v) is 10.6. The summed E-state index contributed by atoms with van der Waals surface area (Å²) in [7, 11) is 0. The van der Waals surface area contributed by atoms with Crippen molar-refractivity contribution in [2.45, 2.75) is 22.2 Å². The number of nitrogens with one attached hydrogen (secondary N) is 1. The lowest BCUT2D eigenvalue weighted by atomic mass is 9.98. The zero-order chi connectivity index (χ0) is 14.1. The van der Waals surface area contributed by atoms with Gasteiger partial charge in [0, 0.05) is 18.0 Å². The first-order valence-electron chi connectivity index (χ1n) is 5.60. The molecule has 2 N–H and O–H groups in total. The van der Waals surface area contributed by atoms with Crippen molar-refractivity contribution in [1.29, 1.82) is 0 Å². The van der Waals surface area contributed by atoms with Crippen molar-refractivity contribution >= 4 is 17.7 Å². The van der Waals surface area contributed by atoms with Crippen LogP contribution in [0.25, 0.3) is 0 Å². The Morgan fingerprint density at radius 1 is 1.42 bits per heavy atom. The number of alkyl halides is 3. The largest absolute Gasteiger partial charge is 0.481 e. The average Bonchev–Trinajstić information content (AvgIpc) is 2.24. The Balaban J connectivity index is 2.16. The van der Waals surface area contributed by atoms with E-state index in [0.29, 0.717) is 18.0 Å². The van der Waals surface area contributed by atoms with E-state index in [9.17, 15) is 18.0 Å². The molecule has 1 heterocycles. The van der Waals surface area contributed by atoms with Crippen molar-refractivity contribution < 1.29 is 23.1 Å². The van der Waals surface area contributed by atoms with Gasteiger partial charge in [0.25, 0.3) is 0 Å². The smallest absolute Gasteiger partial charge is 0.416 e. The predicted molar refractivity (Wildman–Crippen MR) is 65.2 cm³/mol. The van der Waals surface area contributed by atoms with E-state index in [1.807, 2.05) is 0 Å². The number of aliphatic carboxylic acids is 1. The molecular weight excluding hydrogens is 279 g/mol. The van der Waals surface area contributed by atoms with Crippen molar-refractivity contribution in [2.24, 2.45) is 0 Å². The summed E-state index contributed by atoms with van der Waals surface area (Å²) in [5.74, 6) is -0.944. The highest BCUT2D eigenvalue weighted by Gasteiger charge is 2.40. The summed E-state index contributed by atoms with van der Waals surface area (Å²) in [6, 6.07) is 4.98. The lowest BCUT2D eigenvalue weighted by Crippen LogP contribution is -2.57. The Morgan fingerprint density at radius 3 is 2.58 bits per heavy atom. The summed E-state index contributed by atoms with van der Waals surface area (Å²) >= 11 is 1.19. The molecule has 1 saturated heterocycles. The maximum atomic E-state index is 12.6. The minimum absolute atomic E-state index is 0.0685. The number of hydrogen-bond donors (Lipinski definition) is 2. The van der Waals surface area contributed by atoms with Gasteiger partial charge in [0.15, 0.2) is 0 Å². The lowest BCUT2D eigenvalue weighted by molar-refractivity contribution is -0.138. The zero-order valence-electron chi connectivity index (χ0n) is 9.83. The van der Waals surface area contributed by atoms with E-state index in [0.717, 1.165) is 12.1 Å². The van der Waals surface area contributed by atoms with E-state index in [2.05, 4.69) is 5.32 Å². The van der Waals surface area contributed by atoms with Crippen molar-refractivity contribution in [2.75, 3.05) is 13.1 Å². The molecule has 0 spiro atoms. The van der Waals surface area contributed by atoms with Gasteiger partial charge in [-0.3, -0.25) is 4.79 Å². The molecule has 2 rings (SSSR count). The third-order valence-corrected chi connectivity index (χ3v) is 4.22. The van der Waals surface area contributed by atoms with Gasteiger partial charge in [-0.05, 0) is 18.2 Å². The minimum atomic E-state index is -4.38. The SMILES string of the molecule is O=C(O)CC1(Sc2cccc(C(F)(F)F)c2)CNC1. The average molecular weight is 291 g/mol. The molecule has 3 nitrogen and oxygen atoms in total. The van der Waals surface area contributed by atoms with E-state index in [1.165, 1.54) is 17.8 Å². The highest BCUT2D eigenvalue weighted by atomic mass is 32.2. The second-order valence-electron chi connectivity index (χ2n) is 4.48. The fourth-order valence-corrected chi connectivity index (χ4v) is 3.28. The Kier molecular flexibility index (Phi) is 3.78. The molecule has 0 unspecified atom stereocenters. The molecule has 0 atom stereocenters. The standard InChI is InChI=1S/C12H12F3NO2S/c13-12(14,15)8-2-1-3-9(4-8)19-11(5-10(17)18)6-16-7-11/h1-4,16H,5-7H2,(H,17,18). The molecule has 104 valence electrons. The number of carbonyl (C=O) groups is 1. The van der Waals surface area contributed by atoms with Crippen LogP contribution >= 0.6 is 11.8 Å². The second-order valence-corrected chi connectivity index (χ2v) is 6.03. The topological polar surface area (TPSA) is 49.3 Å². The lowest BCUT2D eigenvalue weighted by Gasteiger charge is -2.41. The summed E-state index contributed by atoms with van der Waals surface area (Å²) in [6.45, 7) is 0.973. The summed E-state index contributed by atoms with van der Waals surface area (Å²) < 4.78 is 37.2. The Bertz CT molecular complexity index is 486. The van der Waals surface area contributed by atoms with Crippen molar-refractivity contribution in [3.05, 3.63) is 29.8 Å². The van der Waals surface area contributed by atoms with Crippen LogP contribution < -0.4 is 5.32 Å². The van der Waals surface area contributed by atoms with Crippen LogP contribution in [0, 0.1) is 0 Å². The number of hydrogen-bond acceptors (Lipinski definition) is 3. The molecule has 0 bridgehead atoms. The van der Waals surface area contributed by atoms with Gasteiger partial charge in [-0.15, -0.1) is 11.8 Å². The van der Waals surface area contributed by atoms with Crippen LogP contribution in [-0.2, 0) is 11.0 Å². The van der Waals surface area contributed by atoms with Gasteiger partial charge >= 0.3 is 12.1 Å². The predicted octanol–water partition coefficient (Wildman–Crippen LogP) is 2.61. The molecule has 0 saturated carbocycles. The molecule has 1 aromatic rings. The van der Waals surface area contributed by atoms with Crippen LogP contribution in [0.2, 0.25) is 0 Å². The molecule has 0 aliphatic carbocycles. The second kappa shape index (κ2) is 5.05. The molecule has 1 aliphatic rings. The highest BCUT2D eigenvalue weighted by Crippen LogP contribution is 2.40. The van der Waals surface area contributed by atoms with Crippen molar-refractivity contribution in [1.82, 2.24) is 5.32 Å². The molecule has 7 heteroatoms. The van der Waals surface area contributed by atoms with E-state index < -0.39 is 22.5 Å². The van der Waals surface area contributed by atoms with Gasteiger partial charge in [0.1, 0.15) is 0 Å². The van der Waals surface area contributed by atoms with E-state index in [1.54, 1.807) is 6.07 Å². The molecular formula is C12H12F3NO2S. The Hall–Kier alpha value is -1.21. The molecule has 0 amide bonds. The third-order valence-electron chi connectivity index (χ3n) is 2.86. The molecule has 0 aromatic heterocycles. The molecule has 1 aromatic carbocycles. The molecule has 0 radical (unpaired) electrons. The number of carboxylic acids is 1. The van der Waals surface area contributed by atoms with Crippen molar-refractivity contribution in [3.8, 4) is 0 Å². The van der Waals surface area contributed by atoms with Gasteiger partial charge in [-0.2, -0.15) is 13.2 Å². The quantitative estimate of drug-likeness (QED) is 0.895. The number of thioether (sulfide) groups is 1. The van der Waals surface area contributed by atoms with Crippen molar-refractivity contribution in [3.63, 3.8) is 0 Å². The van der Waals surface area contributed by atoms with E-state index in [-0.39, 0.29) is 6.42 Å². The Labute approximate surface area is 112 Å². The van der Waals surface area contributed by atoms with E-state index >= 15 is 0 Å². The van der Waals surface area contributed by atoms with Crippen LogP contribution in [0.1, 0.15) is 12.0 Å². The summed E-state index contributed by atoms with van der Waals surface area (Å²) in [5, 5.41) is 11.8. The minimum Gasteiger partial charge on any atom is -0.481 e. The Morgan fingerprint density at radius 2 is 2.11 bits per heavy atom. The molecule has 19 heavy (non-hydrogen) atoms. The number of rotatable bonds is 4. The van der Waals surface area contributed by atoms with E-state index in [4.69, 9.17) is 5.11 Å². The van der Waals surface area contributed by atoms with Gasteiger partial charge < -0.3 is 10.4 Å². The monoisotopic (exact) mass is 291 g/mol. The van der Waals surface area contributed by atoms with Crippen LogP contribution in [0.4, 0.5) is 13.2 Å². The van der Waals surface area contributed by atoms with Crippen LogP contribution in [0.5, 0.6) is 0 Å². The van der Waals surface area contributed by atoms with Gasteiger partial charge in [0.2, 0.25) is 0 Å². The van der Waals surface area contributed by atoms with Crippen LogP contribution in [-0.4, -0.2) is 28.9 Å². The van der Waals surface area contributed by atoms with Gasteiger partial charge in [-0.25, -0.2) is 0 Å². The summed E-state index contributed by atoms with van der Waals surface area (Å²) in [4.78, 5) is 11.2.